The number of nitrogens with zero attached hydrogens (tertiary/aromatic N) is 1. The lowest BCUT2D eigenvalue weighted by Crippen LogP contribution is -2.37. The Balaban J connectivity index is 2.54. The molecule has 17 heavy (non-hydrogen) atoms. The summed E-state index contributed by atoms with van der Waals surface area (Å²) in [5.41, 5.74) is 7.18. The van der Waals surface area contributed by atoms with Gasteiger partial charge in [0.1, 0.15) is 0 Å². The lowest BCUT2D eigenvalue weighted by Gasteiger charge is -2.27. The number of hydrogen-bond acceptors (Lipinski definition) is 2. The Kier molecular flexibility index (Phi) is 6.78. The number of benzene rings is 1. The zero-order chi connectivity index (χ0) is 12.7. The van der Waals surface area contributed by atoms with Crippen LogP contribution >= 0.6 is 15.9 Å². The summed E-state index contributed by atoms with van der Waals surface area (Å²) in [6, 6.07) is 8.96. The van der Waals surface area contributed by atoms with Crippen LogP contribution in [0, 0.1) is 0 Å². The van der Waals surface area contributed by atoms with Crippen molar-refractivity contribution in [3.8, 4) is 0 Å². The molecular formula is C14H23BrN2. The molecule has 2 N–H and O–H groups in total. The third-order valence-electron chi connectivity index (χ3n) is 3.11. The predicted octanol–water partition coefficient (Wildman–Crippen LogP) is 3.40. The number of halogens is 1. The van der Waals surface area contributed by atoms with Gasteiger partial charge in [-0.15, -0.1) is 0 Å². The molecule has 96 valence electrons. The maximum absolute atomic E-state index is 5.85. The number of likely N-dealkylation sites (N-methyl/N-ethyl adjacent to an activating group) is 1. The van der Waals surface area contributed by atoms with Gasteiger partial charge in [-0.05, 0) is 31.2 Å². The fourth-order valence-corrected chi connectivity index (χ4v) is 2.46. The van der Waals surface area contributed by atoms with E-state index in [0.717, 1.165) is 17.6 Å². The molecule has 0 amide bonds. The molecule has 0 radical (unpaired) electrons. The van der Waals surface area contributed by atoms with E-state index in [1.165, 1.54) is 24.8 Å². The second-order valence-electron chi connectivity index (χ2n) is 4.58. The Hall–Kier alpha value is -0.380. The Bertz CT molecular complexity index is 328. The summed E-state index contributed by atoms with van der Waals surface area (Å²) >= 11 is 3.50. The Morgan fingerprint density at radius 2 is 2.18 bits per heavy atom. The van der Waals surface area contributed by atoms with Crippen LogP contribution in [-0.2, 0) is 6.54 Å². The van der Waals surface area contributed by atoms with E-state index in [1.54, 1.807) is 0 Å². The first-order chi connectivity index (χ1) is 8.17. The van der Waals surface area contributed by atoms with Crippen molar-refractivity contribution in [2.24, 2.45) is 5.73 Å². The van der Waals surface area contributed by atoms with E-state index in [1.807, 2.05) is 0 Å². The van der Waals surface area contributed by atoms with E-state index in [-0.39, 0.29) is 0 Å². The Morgan fingerprint density at radius 1 is 1.41 bits per heavy atom. The van der Waals surface area contributed by atoms with Crippen LogP contribution in [0.1, 0.15) is 31.7 Å². The zero-order valence-corrected chi connectivity index (χ0v) is 12.4. The van der Waals surface area contributed by atoms with Crippen LogP contribution in [0.2, 0.25) is 0 Å². The number of nitrogens with two attached hydrogens (primary N) is 1. The molecule has 0 spiro atoms. The van der Waals surface area contributed by atoms with Crippen molar-refractivity contribution in [1.29, 1.82) is 0 Å². The molecule has 3 heteroatoms. The zero-order valence-electron chi connectivity index (χ0n) is 10.8. The van der Waals surface area contributed by atoms with Gasteiger partial charge in [0, 0.05) is 23.6 Å². The molecule has 0 saturated heterocycles. The summed E-state index contributed by atoms with van der Waals surface area (Å²) in [5.74, 6) is 0. The van der Waals surface area contributed by atoms with Gasteiger partial charge in [-0.3, -0.25) is 4.90 Å². The average molecular weight is 299 g/mol. The maximum atomic E-state index is 5.85. The van der Waals surface area contributed by atoms with Crippen LogP contribution in [0.15, 0.2) is 28.7 Å². The Labute approximate surface area is 113 Å². The highest BCUT2D eigenvalue weighted by atomic mass is 79.9. The number of unbranched alkanes of at least 4 members (excludes halogenated alkanes) is 1. The smallest absolute Gasteiger partial charge is 0.0234 e. The summed E-state index contributed by atoms with van der Waals surface area (Å²) in [4.78, 5) is 2.36. The van der Waals surface area contributed by atoms with Crippen molar-refractivity contribution < 1.29 is 0 Å². The minimum atomic E-state index is 0.494. The van der Waals surface area contributed by atoms with E-state index in [9.17, 15) is 0 Å². The monoisotopic (exact) mass is 298 g/mol. The third-order valence-corrected chi connectivity index (χ3v) is 3.60. The molecule has 1 atom stereocenters. The van der Waals surface area contributed by atoms with Crippen LogP contribution in [-0.4, -0.2) is 24.5 Å². The van der Waals surface area contributed by atoms with Crippen molar-refractivity contribution >= 4 is 15.9 Å². The molecule has 0 bridgehead atoms. The van der Waals surface area contributed by atoms with Crippen molar-refractivity contribution in [2.75, 3.05) is 13.6 Å². The van der Waals surface area contributed by atoms with Crippen LogP contribution in [0.4, 0.5) is 0 Å². The topological polar surface area (TPSA) is 29.3 Å². The van der Waals surface area contributed by atoms with Crippen molar-refractivity contribution in [1.82, 2.24) is 4.90 Å². The van der Waals surface area contributed by atoms with Gasteiger partial charge in [-0.2, -0.15) is 0 Å². The van der Waals surface area contributed by atoms with Crippen molar-refractivity contribution in [3.63, 3.8) is 0 Å². The highest BCUT2D eigenvalue weighted by molar-refractivity contribution is 9.10. The van der Waals surface area contributed by atoms with Gasteiger partial charge >= 0.3 is 0 Å². The minimum absolute atomic E-state index is 0.494. The number of hydrogen-bond donors (Lipinski definition) is 1. The van der Waals surface area contributed by atoms with Gasteiger partial charge < -0.3 is 5.73 Å². The van der Waals surface area contributed by atoms with Crippen molar-refractivity contribution in [3.05, 3.63) is 34.3 Å². The standard InChI is InChI=1S/C14H23BrN2/c1-3-4-8-14(10-16)17(2)11-12-6-5-7-13(15)9-12/h5-7,9,14H,3-4,8,10-11,16H2,1-2H3. The SMILES string of the molecule is CCCCC(CN)N(C)Cc1cccc(Br)c1. The average Bonchev–Trinajstić information content (AvgIpc) is 2.30. The summed E-state index contributed by atoms with van der Waals surface area (Å²) in [6.07, 6.45) is 3.68. The highest BCUT2D eigenvalue weighted by Gasteiger charge is 2.12. The first-order valence-corrected chi connectivity index (χ1v) is 7.11. The quantitative estimate of drug-likeness (QED) is 0.836. The van der Waals surface area contributed by atoms with E-state index in [0.29, 0.717) is 6.04 Å². The summed E-state index contributed by atoms with van der Waals surface area (Å²) in [6.45, 7) is 3.93. The van der Waals surface area contributed by atoms with Crippen LogP contribution in [0.3, 0.4) is 0 Å². The number of rotatable bonds is 7. The lowest BCUT2D eigenvalue weighted by atomic mass is 10.1. The summed E-state index contributed by atoms with van der Waals surface area (Å²) in [5, 5.41) is 0. The molecule has 0 aromatic heterocycles. The Morgan fingerprint density at radius 3 is 2.76 bits per heavy atom. The molecule has 1 aromatic rings. The molecular weight excluding hydrogens is 276 g/mol. The van der Waals surface area contributed by atoms with Gasteiger partial charge in [0.2, 0.25) is 0 Å². The molecule has 0 aliphatic heterocycles. The third kappa shape index (κ3) is 5.19. The van der Waals surface area contributed by atoms with E-state index < -0.39 is 0 Å². The van der Waals surface area contributed by atoms with Gasteiger partial charge in [-0.25, -0.2) is 0 Å². The molecule has 1 rings (SSSR count). The fourth-order valence-electron chi connectivity index (χ4n) is 2.01. The fraction of sp³-hybridized carbons (Fsp3) is 0.571. The molecule has 0 aliphatic carbocycles. The first kappa shape index (κ1) is 14.7. The molecule has 2 nitrogen and oxygen atoms in total. The van der Waals surface area contributed by atoms with Gasteiger partial charge in [0.05, 0.1) is 0 Å². The summed E-state index contributed by atoms with van der Waals surface area (Å²) < 4.78 is 1.14. The van der Waals surface area contributed by atoms with Crippen LogP contribution in [0.5, 0.6) is 0 Å². The highest BCUT2D eigenvalue weighted by Crippen LogP contribution is 2.15. The second kappa shape index (κ2) is 7.85. The predicted molar refractivity (Wildman–Crippen MR) is 78.0 cm³/mol. The normalized spacial score (nSPS) is 13.0. The maximum Gasteiger partial charge on any atom is 0.0234 e. The van der Waals surface area contributed by atoms with Crippen LogP contribution < -0.4 is 5.73 Å². The van der Waals surface area contributed by atoms with Gasteiger partial charge in [0.15, 0.2) is 0 Å². The molecule has 1 unspecified atom stereocenters. The molecule has 0 aliphatic rings. The molecule has 0 heterocycles. The van der Waals surface area contributed by atoms with Gasteiger partial charge in [0.25, 0.3) is 0 Å². The molecule has 1 aromatic carbocycles. The summed E-state index contributed by atoms with van der Waals surface area (Å²) in [7, 11) is 2.16. The molecule has 0 fully saturated rings. The minimum Gasteiger partial charge on any atom is -0.329 e. The van der Waals surface area contributed by atoms with E-state index in [2.05, 4.69) is 59.1 Å². The van der Waals surface area contributed by atoms with E-state index in [4.69, 9.17) is 5.73 Å². The van der Waals surface area contributed by atoms with Crippen LogP contribution in [0.25, 0.3) is 0 Å². The van der Waals surface area contributed by atoms with E-state index >= 15 is 0 Å². The lowest BCUT2D eigenvalue weighted by molar-refractivity contribution is 0.223. The van der Waals surface area contributed by atoms with Crippen molar-refractivity contribution in [2.45, 2.75) is 38.8 Å². The second-order valence-corrected chi connectivity index (χ2v) is 5.49. The largest absolute Gasteiger partial charge is 0.329 e. The first-order valence-electron chi connectivity index (χ1n) is 6.32. The molecule has 0 saturated carbocycles. The van der Waals surface area contributed by atoms with Gasteiger partial charge in [-0.1, -0.05) is 47.8 Å².